The fourth-order valence-corrected chi connectivity index (χ4v) is 0.942. The van der Waals surface area contributed by atoms with E-state index in [-0.39, 0.29) is 0 Å². The molecule has 0 spiro atoms. The van der Waals surface area contributed by atoms with Crippen LogP contribution in [-0.4, -0.2) is 45.0 Å². The predicted octanol–water partition coefficient (Wildman–Crippen LogP) is -1.10. The molecule has 6 heteroatoms. The molecule has 14 heavy (non-hydrogen) atoms. The lowest BCUT2D eigenvalue weighted by Gasteiger charge is -2.14. The Kier molecular flexibility index (Phi) is 3.75. The molecule has 0 aliphatic heterocycles. The van der Waals surface area contributed by atoms with Gasteiger partial charge in [-0.1, -0.05) is 0 Å². The number of anilines is 1. The topological polar surface area (TPSA) is 98.5 Å². The fourth-order valence-electron chi connectivity index (χ4n) is 0.942. The highest BCUT2D eigenvalue weighted by Gasteiger charge is 2.17. The summed E-state index contributed by atoms with van der Waals surface area (Å²) in [7, 11) is 1.67. The van der Waals surface area contributed by atoms with Crippen molar-refractivity contribution in [3.05, 3.63) is 18.0 Å². The molecule has 0 aromatic carbocycles. The summed E-state index contributed by atoms with van der Waals surface area (Å²) < 4.78 is 0. The molecule has 0 bridgehead atoms. The van der Waals surface area contributed by atoms with E-state index in [0.29, 0.717) is 11.5 Å². The summed E-state index contributed by atoms with van der Waals surface area (Å²) in [5, 5.41) is 29.9. The van der Waals surface area contributed by atoms with E-state index in [0.717, 1.165) is 0 Å². The van der Waals surface area contributed by atoms with Crippen LogP contribution in [0.4, 0.5) is 5.95 Å². The van der Waals surface area contributed by atoms with Gasteiger partial charge >= 0.3 is 0 Å². The maximum absolute atomic E-state index is 9.44. The summed E-state index contributed by atoms with van der Waals surface area (Å²) in [6.45, 7) is -0.505. The average molecular weight is 199 g/mol. The van der Waals surface area contributed by atoms with Gasteiger partial charge in [0.15, 0.2) is 0 Å². The Morgan fingerprint density at radius 1 is 1.36 bits per heavy atom. The Morgan fingerprint density at radius 2 is 1.93 bits per heavy atom. The Hall–Kier alpha value is -1.24. The van der Waals surface area contributed by atoms with Crippen LogP contribution in [0.5, 0.6) is 0 Å². The van der Waals surface area contributed by atoms with Gasteiger partial charge in [-0.15, -0.1) is 0 Å². The first-order valence-electron chi connectivity index (χ1n) is 4.15. The molecular formula is C8H13N3O3. The Morgan fingerprint density at radius 3 is 2.36 bits per heavy atom. The molecule has 6 nitrogen and oxygen atoms in total. The number of aromatic nitrogens is 2. The van der Waals surface area contributed by atoms with Gasteiger partial charge in [-0.3, -0.25) is 0 Å². The Bertz CT molecular complexity index is 278. The summed E-state index contributed by atoms with van der Waals surface area (Å²) in [4.78, 5) is 7.72. The summed E-state index contributed by atoms with van der Waals surface area (Å²) in [5.74, 6) is 0.430. The number of aliphatic hydroxyl groups excluding tert-OH is 3. The van der Waals surface area contributed by atoms with Crippen molar-refractivity contribution in [2.45, 2.75) is 12.2 Å². The van der Waals surface area contributed by atoms with Crippen LogP contribution in [-0.2, 0) is 0 Å². The van der Waals surface area contributed by atoms with Gasteiger partial charge < -0.3 is 20.6 Å². The van der Waals surface area contributed by atoms with Crippen LogP contribution in [0.2, 0.25) is 0 Å². The van der Waals surface area contributed by atoms with Gasteiger partial charge in [0.1, 0.15) is 12.2 Å². The zero-order chi connectivity index (χ0) is 10.6. The third kappa shape index (κ3) is 2.38. The number of nitrogens with one attached hydrogen (secondary N) is 1. The van der Waals surface area contributed by atoms with Crippen molar-refractivity contribution in [3.63, 3.8) is 0 Å². The highest BCUT2D eigenvalue weighted by atomic mass is 16.4. The molecule has 0 saturated heterocycles. The maximum atomic E-state index is 9.44. The minimum absolute atomic E-state index is 0.366. The van der Waals surface area contributed by atoms with Crippen molar-refractivity contribution in [1.82, 2.24) is 9.97 Å². The van der Waals surface area contributed by atoms with E-state index in [1.807, 2.05) is 0 Å². The number of hydrogen-bond donors (Lipinski definition) is 4. The van der Waals surface area contributed by atoms with E-state index in [1.165, 1.54) is 12.4 Å². The lowest BCUT2D eigenvalue weighted by Crippen LogP contribution is -2.22. The molecule has 1 aromatic heterocycles. The molecule has 1 rings (SSSR count). The van der Waals surface area contributed by atoms with Crippen molar-refractivity contribution in [2.75, 3.05) is 19.0 Å². The fraction of sp³-hybridized carbons (Fsp3) is 0.500. The average Bonchev–Trinajstić information content (AvgIpc) is 2.27. The second-order valence-electron chi connectivity index (χ2n) is 2.78. The molecule has 1 aromatic rings. The van der Waals surface area contributed by atoms with Crippen LogP contribution < -0.4 is 5.32 Å². The summed E-state index contributed by atoms with van der Waals surface area (Å²) in [6, 6.07) is 0. The molecule has 0 saturated carbocycles. The van der Waals surface area contributed by atoms with E-state index in [9.17, 15) is 5.11 Å². The smallest absolute Gasteiger partial charge is 0.222 e. The molecule has 4 N–H and O–H groups in total. The van der Waals surface area contributed by atoms with Gasteiger partial charge in [0.25, 0.3) is 0 Å². The van der Waals surface area contributed by atoms with Crippen molar-refractivity contribution < 1.29 is 15.3 Å². The standard InChI is InChI=1S/C8H13N3O3/c1-9-8-10-2-5(3-11-8)7(14)6(13)4-12/h2-3,6-7,12-14H,4H2,1H3,(H,9,10,11). The largest absolute Gasteiger partial charge is 0.394 e. The Labute approximate surface area is 81.3 Å². The molecule has 2 unspecified atom stereocenters. The van der Waals surface area contributed by atoms with E-state index in [1.54, 1.807) is 7.05 Å². The molecule has 2 atom stereocenters. The molecular weight excluding hydrogens is 186 g/mol. The van der Waals surface area contributed by atoms with Gasteiger partial charge in [-0.25, -0.2) is 9.97 Å². The first-order valence-corrected chi connectivity index (χ1v) is 4.15. The van der Waals surface area contributed by atoms with Gasteiger partial charge in [0.2, 0.25) is 5.95 Å². The second kappa shape index (κ2) is 4.85. The molecule has 0 radical (unpaired) electrons. The van der Waals surface area contributed by atoms with Crippen LogP contribution in [0.3, 0.4) is 0 Å². The van der Waals surface area contributed by atoms with Crippen LogP contribution >= 0.6 is 0 Å². The Balaban J connectivity index is 2.75. The normalized spacial score (nSPS) is 14.9. The number of rotatable bonds is 4. The zero-order valence-electron chi connectivity index (χ0n) is 7.75. The highest BCUT2D eigenvalue weighted by molar-refractivity contribution is 5.24. The molecule has 0 aliphatic rings. The van der Waals surface area contributed by atoms with E-state index in [4.69, 9.17) is 10.2 Å². The lowest BCUT2D eigenvalue weighted by atomic mass is 10.1. The van der Waals surface area contributed by atoms with Crippen LogP contribution in [0.15, 0.2) is 12.4 Å². The quantitative estimate of drug-likeness (QED) is 0.491. The third-order valence-corrected chi connectivity index (χ3v) is 1.79. The lowest BCUT2D eigenvalue weighted by molar-refractivity contribution is -0.0155. The maximum Gasteiger partial charge on any atom is 0.222 e. The highest BCUT2D eigenvalue weighted by Crippen LogP contribution is 2.15. The van der Waals surface area contributed by atoms with Gasteiger partial charge in [-0.2, -0.15) is 0 Å². The summed E-state index contributed by atoms with van der Waals surface area (Å²) >= 11 is 0. The van der Waals surface area contributed by atoms with Crippen molar-refractivity contribution in [2.24, 2.45) is 0 Å². The minimum atomic E-state index is -1.21. The number of nitrogens with zero attached hydrogens (tertiary/aromatic N) is 2. The minimum Gasteiger partial charge on any atom is -0.394 e. The van der Waals surface area contributed by atoms with Crippen LogP contribution in [0, 0.1) is 0 Å². The monoisotopic (exact) mass is 199 g/mol. The van der Waals surface area contributed by atoms with Gasteiger partial charge in [0.05, 0.1) is 6.61 Å². The SMILES string of the molecule is CNc1ncc(C(O)C(O)CO)cn1. The number of aliphatic hydroxyl groups is 3. The van der Waals surface area contributed by atoms with Crippen LogP contribution in [0.1, 0.15) is 11.7 Å². The molecule has 0 fully saturated rings. The molecule has 0 aliphatic carbocycles. The van der Waals surface area contributed by atoms with E-state index in [2.05, 4.69) is 15.3 Å². The second-order valence-corrected chi connectivity index (χ2v) is 2.78. The van der Waals surface area contributed by atoms with E-state index >= 15 is 0 Å². The van der Waals surface area contributed by atoms with Gasteiger partial charge in [-0.05, 0) is 0 Å². The first-order chi connectivity index (χ1) is 6.69. The summed E-state index contributed by atoms with van der Waals surface area (Å²) in [5.41, 5.74) is 0.366. The first kappa shape index (κ1) is 10.8. The van der Waals surface area contributed by atoms with Crippen molar-refractivity contribution in [3.8, 4) is 0 Å². The van der Waals surface area contributed by atoms with E-state index < -0.39 is 18.8 Å². The molecule has 78 valence electrons. The van der Waals surface area contributed by atoms with Crippen molar-refractivity contribution in [1.29, 1.82) is 0 Å². The van der Waals surface area contributed by atoms with Gasteiger partial charge in [0, 0.05) is 25.0 Å². The van der Waals surface area contributed by atoms with Crippen molar-refractivity contribution >= 4 is 5.95 Å². The zero-order valence-corrected chi connectivity index (χ0v) is 7.75. The third-order valence-electron chi connectivity index (χ3n) is 1.79. The summed E-state index contributed by atoms with van der Waals surface area (Å²) in [6.07, 6.45) is 0.412. The van der Waals surface area contributed by atoms with Crippen LogP contribution in [0.25, 0.3) is 0 Å². The predicted molar refractivity (Wildman–Crippen MR) is 49.6 cm³/mol. The molecule has 0 amide bonds. The number of hydrogen-bond acceptors (Lipinski definition) is 6. The molecule has 1 heterocycles.